The highest BCUT2D eigenvalue weighted by molar-refractivity contribution is 5.95. The fraction of sp³-hybridized carbons (Fsp3) is 0.480. The van der Waals surface area contributed by atoms with Gasteiger partial charge in [0.2, 0.25) is 0 Å². The number of hydrogen-bond donors (Lipinski definition) is 0. The fourth-order valence-electron chi connectivity index (χ4n) is 4.41. The largest absolute Gasteiger partial charge is 0.369 e. The van der Waals surface area contributed by atoms with Gasteiger partial charge in [-0.2, -0.15) is 0 Å². The first-order valence-corrected chi connectivity index (χ1v) is 10.6. The summed E-state index contributed by atoms with van der Waals surface area (Å²) >= 11 is 0. The van der Waals surface area contributed by atoms with Crippen molar-refractivity contribution in [3.05, 3.63) is 64.5 Å². The number of ketones is 1. The molecule has 3 rings (SSSR count). The van der Waals surface area contributed by atoms with Crippen molar-refractivity contribution >= 4 is 11.5 Å². The third-order valence-corrected chi connectivity index (χ3v) is 5.89. The van der Waals surface area contributed by atoms with E-state index in [1.165, 1.54) is 24.8 Å². The number of hydrogen-bond acceptors (Lipinski definition) is 2. The van der Waals surface area contributed by atoms with E-state index >= 15 is 0 Å². The van der Waals surface area contributed by atoms with E-state index in [4.69, 9.17) is 0 Å². The maximum Gasteiger partial charge on any atom is 0.160 e. The van der Waals surface area contributed by atoms with Crippen LogP contribution in [0.3, 0.4) is 0 Å². The topological polar surface area (TPSA) is 20.3 Å². The molecule has 1 atom stereocenters. The lowest BCUT2D eigenvalue weighted by Gasteiger charge is -2.20. The van der Waals surface area contributed by atoms with E-state index in [1.807, 2.05) is 25.1 Å². The number of carbonyl (C=O) groups is 1. The Morgan fingerprint density at radius 1 is 1.18 bits per heavy atom. The molecule has 1 saturated heterocycles. The lowest BCUT2D eigenvalue weighted by atomic mass is 9.96. The number of carbonyl (C=O) groups excluding carboxylic acids is 1. The van der Waals surface area contributed by atoms with Gasteiger partial charge in [-0.3, -0.25) is 4.79 Å². The van der Waals surface area contributed by atoms with Gasteiger partial charge in [-0.05, 0) is 75.1 Å². The molecular weight excluding hydrogens is 349 g/mol. The number of aryl methyl sites for hydroxylation is 3. The highest BCUT2D eigenvalue weighted by atomic mass is 19.1. The van der Waals surface area contributed by atoms with E-state index in [9.17, 15) is 9.18 Å². The van der Waals surface area contributed by atoms with Gasteiger partial charge >= 0.3 is 0 Å². The first-order valence-electron chi connectivity index (χ1n) is 10.6. The Balaban J connectivity index is 1.60. The zero-order chi connectivity index (χ0) is 20.1. The van der Waals surface area contributed by atoms with Crippen LogP contribution in [0.25, 0.3) is 0 Å². The minimum atomic E-state index is -0.102. The third kappa shape index (κ3) is 5.01. The summed E-state index contributed by atoms with van der Waals surface area (Å²) in [5, 5.41) is 0. The van der Waals surface area contributed by atoms with Gasteiger partial charge in [0.05, 0.1) is 5.69 Å². The Morgan fingerprint density at radius 3 is 2.71 bits per heavy atom. The van der Waals surface area contributed by atoms with Crippen LogP contribution in [-0.4, -0.2) is 18.9 Å². The van der Waals surface area contributed by atoms with Gasteiger partial charge in [0.1, 0.15) is 5.82 Å². The van der Waals surface area contributed by atoms with Crippen molar-refractivity contribution in [3.63, 3.8) is 0 Å². The lowest BCUT2D eigenvalue weighted by Crippen LogP contribution is -2.20. The predicted molar refractivity (Wildman–Crippen MR) is 115 cm³/mol. The number of halogens is 1. The summed E-state index contributed by atoms with van der Waals surface area (Å²) in [6.07, 6.45) is 6.17. The smallest absolute Gasteiger partial charge is 0.160 e. The van der Waals surface area contributed by atoms with Crippen LogP contribution in [0.1, 0.15) is 66.6 Å². The molecule has 1 fully saturated rings. The van der Waals surface area contributed by atoms with Gasteiger partial charge in [0, 0.05) is 18.7 Å². The molecule has 1 heterocycles. The Morgan fingerprint density at radius 2 is 2.00 bits per heavy atom. The first-order chi connectivity index (χ1) is 13.5. The molecular formula is C25H32FNO. The third-order valence-electron chi connectivity index (χ3n) is 5.89. The molecule has 0 radical (unpaired) electrons. The zero-order valence-electron chi connectivity index (χ0n) is 17.4. The molecule has 28 heavy (non-hydrogen) atoms. The van der Waals surface area contributed by atoms with Crippen molar-refractivity contribution in [1.82, 2.24) is 0 Å². The van der Waals surface area contributed by atoms with Crippen LogP contribution in [0.5, 0.6) is 0 Å². The molecule has 1 aliphatic rings. The second-order valence-corrected chi connectivity index (χ2v) is 8.25. The number of benzene rings is 2. The highest BCUT2D eigenvalue weighted by Gasteiger charge is 2.23. The minimum absolute atomic E-state index is 0.102. The molecule has 2 nitrogen and oxygen atoms in total. The van der Waals surface area contributed by atoms with E-state index in [2.05, 4.69) is 24.0 Å². The molecule has 0 N–H and O–H groups in total. The molecule has 0 aliphatic carbocycles. The van der Waals surface area contributed by atoms with E-state index < -0.39 is 0 Å². The molecule has 0 saturated carbocycles. The Labute approximate surface area is 168 Å². The van der Waals surface area contributed by atoms with Crippen LogP contribution < -0.4 is 4.90 Å². The number of nitrogens with zero attached hydrogens (tertiary/aromatic N) is 1. The molecule has 0 amide bonds. The normalized spacial score (nSPS) is 16.6. The van der Waals surface area contributed by atoms with Gasteiger partial charge in [-0.1, -0.05) is 43.2 Å². The highest BCUT2D eigenvalue weighted by Crippen LogP contribution is 2.29. The first kappa shape index (κ1) is 20.6. The average molecular weight is 382 g/mol. The monoisotopic (exact) mass is 381 g/mol. The van der Waals surface area contributed by atoms with Crippen molar-refractivity contribution in [2.45, 2.75) is 59.3 Å². The molecule has 150 valence electrons. The van der Waals surface area contributed by atoms with Crippen molar-refractivity contribution in [2.24, 2.45) is 5.92 Å². The standard InChI is InChI=1S/C25H32FNO/c1-4-6-21-13-14-27(17-21)25-12-10-20(16-24(25)26)7-5-8-22-15-18(2)9-11-23(22)19(3)28/h9-12,15-16,21H,4-8,13-14,17H2,1-3H3/t21-/m1/s1. The summed E-state index contributed by atoms with van der Waals surface area (Å²) in [6.45, 7) is 7.82. The molecule has 2 aromatic carbocycles. The number of rotatable bonds is 8. The molecule has 0 bridgehead atoms. The van der Waals surface area contributed by atoms with Crippen molar-refractivity contribution in [3.8, 4) is 0 Å². The van der Waals surface area contributed by atoms with Crippen LogP contribution >= 0.6 is 0 Å². The second-order valence-electron chi connectivity index (χ2n) is 8.25. The van der Waals surface area contributed by atoms with Crippen molar-refractivity contribution < 1.29 is 9.18 Å². The van der Waals surface area contributed by atoms with E-state index in [0.717, 1.165) is 54.7 Å². The number of anilines is 1. The summed E-state index contributed by atoms with van der Waals surface area (Å²) in [5.41, 5.74) is 4.86. The molecule has 1 aliphatic heterocycles. The Kier molecular flexibility index (Phi) is 6.88. The summed E-state index contributed by atoms with van der Waals surface area (Å²) in [5.74, 6) is 0.709. The molecule has 2 aromatic rings. The summed E-state index contributed by atoms with van der Waals surface area (Å²) in [7, 11) is 0. The Bertz CT molecular complexity index is 829. The summed E-state index contributed by atoms with van der Waals surface area (Å²) in [6, 6.07) is 11.7. The molecule has 0 spiro atoms. The summed E-state index contributed by atoms with van der Waals surface area (Å²) < 4.78 is 14.7. The van der Waals surface area contributed by atoms with E-state index in [1.54, 1.807) is 13.0 Å². The van der Waals surface area contributed by atoms with Gasteiger partial charge in [-0.15, -0.1) is 0 Å². The molecule has 0 unspecified atom stereocenters. The van der Waals surface area contributed by atoms with Crippen LogP contribution in [-0.2, 0) is 12.8 Å². The van der Waals surface area contributed by atoms with Gasteiger partial charge < -0.3 is 4.90 Å². The zero-order valence-corrected chi connectivity index (χ0v) is 17.4. The van der Waals surface area contributed by atoms with Crippen molar-refractivity contribution in [1.29, 1.82) is 0 Å². The average Bonchev–Trinajstić information content (AvgIpc) is 3.10. The molecule has 0 aromatic heterocycles. The van der Waals surface area contributed by atoms with Gasteiger partial charge in [0.25, 0.3) is 0 Å². The lowest BCUT2D eigenvalue weighted by molar-refractivity contribution is 0.101. The maximum absolute atomic E-state index is 14.7. The van der Waals surface area contributed by atoms with Crippen LogP contribution in [0.15, 0.2) is 36.4 Å². The van der Waals surface area contributed by atoms with E-state index in [0.29, 0.717) is 5.92 Å². The minimum Gasteiger partial charge on any atom is -0.369 e. The second kappa shape index (κ2) is 9.36. The van der Waals surface area contributed by atoms with Crippen LogP contribution in [0.2, 0.25) is 0 Å². The Hall–Kier alpha value is -2.16. The van der Waals surface area contributed by atoms with Gasteiger partial charge in [0.15, 0.2) is 5.78 Å². The van der Waals surface area contributed by atoms with E-state index in [-0.39, 0.29) is 11.6 Å². The maximum atomic E-state index is 14.7. The van der Waals surface area contributed by atoms with Gasteiger partial charge in [-0.25, -0.2) is 4.39 Å². The van der Waals surface area contributed by atoms with Crippen molar-refractivity contribution in [2.75, 3.05) is 18.0 Å². The molecule has 3 heteroatoms. The fourth-order valence-corrected chi connectivity index (χ4v) is 4.41. The van der Waals surface area contributed by atoms with Crippen LogP contribution in [0.4, 0.5) is 10.1 Å². The predicted octanol–water partition coefficient (Wildman–Crippen LogP) is 6.14. The number of Topliss-reactive ketones (excluding diaryl/α,β-unsaturated/α-hetero) is 1. The summed E-state index contributed by atoms with van der Waals surface area (Å²) in [4.78, 5) is 14.0. The van der Waals surface area contributed by atoms with Crippen LogP contribution in [0, 0.1) is 18.7 Å². The quantitative estimate of drug-likeness (QED) is 0.512. The SMILES string of the molecule is CCC[C@@H]1CCN(c2ccc(CCCc3cc(C)ccc3C(C)=O)cc2F)C1.